The first-order valence-corrected chi connectivity index (χ1v) is 53.7. The van der Waals surface area contributed by atoms with Crippen molar-refractivity contribution in [3.63, 3.8) is 0 Å². The zero-order valence-corrected chi connectivity index (χ0v) is 88.2. The van der Waals surface area contributed by atoms with Gasteiger partial charge in [-0.3, -0.25) is 38.4 Å². The van der Waals surface area contributed by atoms with Crippen molar-refractivity contribution in [1.29, 1.82) is 0 Å². The number of anilines is 4. The van der Waals surface area contributed by atoms with Crippen LogP contribution < -0.4 is 21.3 Å². The van der Waals surface area contributed by atoms with E-state index in [1.54, 1.807) is 42.9 Å². The lowest BCUT2D eigenvalue weighted by atomic mass is 9.89. The Hall–Kier alpha value is -10.2. The summed E-state index contributed by atoms with van der Waals surface area (Å²) in [6.45, 7) is 19.6. The van der Waals surface area contributed by atoms with Crippen LogP contribution in [0.4, 0.5) is 54.4 Å². The third-order valence-electron chi connectivity index (χ3n) is 32.4. The molecule has 8 aliphatic heterocycles. The summed E-state index contributed by atoms with van der Waals surface area (Å²) in [4.78, 5) is 148. The average molecular weight is 2180 g/mol. The molecule has 8 amide bonds. The summed E-state index contributed by atoms with van der Waals surface area (Å²) in [5, 5.41) is 16.4. The van der Waals surface area contributed by atoms with Crippen LogP contribution in [-0.2, 0) is 50.7 Å². The molecule has 27 nitrogen and oxygen atoms in total. The van der Waals surface area contributed by atoms with Crippen molar-refractivity contribution in [3.8, 4) is 0 Å². The highest BCUT2D eigenvalue weighted by Crippen LogP contribution is 2.52. The van der Waals surface area contributed by atoms with E-state index in [1.807, 2.05) is 109 Å². The second-order valence-corrected chi connectivity index (χ2v) is 46.0. The van der Waals surface area contributed by atoms with Crippen LogP contribution in [0.5, 0.6) is 0 Å². The zero-order chi connectivity index (χ0) is 105. The summed E-state index contributed by atoms with van der Waals surface area (Å²) in [7, 11) is 0. The van der Waals surface area contributed by atoms with Crippen LogP contribution >= 0.6 is 81.2 Å². The van der Waals surface area contributed by atoms with Gasteiger partial charge in [0.1, 0.15) is 11.6 Å². The van der Waals surface area contributed by atoms with Gasteiger partial charge in [-0.1, -0.05) is 145 Å². The van der Waals surface area contributed by atoms with E-state index in [9.17, 15) is 69.1 Å². The summed E-state index contributed by atoms with van der Waals surface area (Å²) < 4.78 is 90.6. The predicted octanol–water partition coefficient (Wildman–Crippen LogP) is 20.0. The maximum Gasteiger partial charge on any atom is 0.419 e. The van der Waals surface area contributed by atoms with Gasteiger partial charge in [0.05, 0.1) is 53.7 Å². The number of nitrogens with zero attached hydrogens (tertiary/aromatic N) is 15. The Morgan fingerprint density at radius 1 is 0.304 bits per heavy atom. The molecule has 41 heteroatoms. The van der Waals surface area contributed by atoms with Crippen LogP contribution in [0.3, 0.4) is 0 Å². The summed E-state index contributed by atoms with van der Waals surface area (Å²) in [5.41, 5.74) is 1.49. The number of piperidine rings is 4. The Bertz CT molecular complexity index is 6050. The molecular weight excluding hydrogens is 2060 g/mol. The van der Waals surface area contributed by atoms with E-state index >= 15 is 0 Å². The SMILES string of the molecule is CC1(C(=O)N2CCC(C(=O)N3CC(CNc4ccc(Cl)cn4)C(c4ccc(Cl)cc4)C3)CC2)CC1.CC1(C(=O)N2CCC(C(=O)N3CC(CNc4ncc(C(F)(F)F)cn4)C(c4ccc(Cl)c(Cl)c4)C3)CC2)CC1.CC1(C(=O)N2CCC(C(=O)N3CC(CNc4ncc(C(F)(F)F)cn4)C(c4ccc(F)cc4)C3)CC2)CC1.CC1(C(=O)N2CCC(C(=O)N3CC(CNc4ncc(Cl)cn4)C(c4ccc(Cl)c(Cl)c4)C3)CC2)CC1. The van der Waals surface area contributed by atoms with Crippen molar-refractivity contribution in [2.45, 2.75) is 166 Å². The third kappa shape index (κ3) is 26.7. The van der Waals surface area contributed by atoms with Crippen LogP contribution in [-0.4, -0.2) is 252 Å². The molecule has 0 spiro atoms. The normalized spacial score (nSPS) is 23.5. The Kier molecular flexibility index (Phi) is 34.0. The molecule has 4 saturated carbocycles. The predicted molar refractivity (Wildman–Crippen MR) is 553 cm³/mol. The van der Waals surface area contributed by atoms with Gasteiger partial charge in [0.2, 0.25) is 65.1 Å². The number of carbonyl (C=O) groups excluding carboxylic acids is 8. The standard InChI is InChI=1S/C27H30Cl2F3N5O2.C27H32Cl2N4O2.C27H31F4N5O2.C26H30Cl3N5O2/c1-26(6-7-26)24(39)36-8-4-16(5-9-36)23(38)37-14-18(20(15-37)17-2-3-21(28)22(29)10-17)11-33-25-34-12-19(13-35-25)27(30,31)32;1-27(10-11-27)26(35)32-12-8-19(9-13-32)25(34)33-16-20(14-30-24-7-6-22(29)15-31-24)23(17-33)18-2-4-21(28)5-3-18;1-26(8-9-26)24(38)35-10-6-18(7-11-35)23(37)36-15-19(22(16-36)17-2-4-21(28)5-3-17)12-32-25-33-13-20(14-34-25)27(29,30)31;1-26(6-7-26)24(36)33-8-4-16(5-9-33)23(35)34-14-18(11-30-25-31-12-19(27)13-32-25)20(15-34)17-2-3-21(28)22(29)10-17/h2-3,10,12-13,16,18,20H,4-9,11,14-15H2,1H3,(H,33,34,35);2-7,15,19-20,23H,8-14,16-17H2,1H3,(H,30,31);2-5,13-14,18-19,22H,6-12,15-16H2,1H3,(H,32,33,34);2-3,10,12-13,16,18,20H,4-9,11,14-15H2,1H3,(H,30,31,32). The molecule has 4 N–H and O–H groups in total. The van der Waals surface area contributed by atoms with Gasteiger partial charge in [0.15, 0.2) is 0 Å². The number of rotatable bonds is 24. The van der Waals surface area contributed by atoms with Crippen molar-refractivity contribution in [2.75, 3.05) is 152 Å². The maximum atomic E-state index is 13.6. The number of hydrogen-bond acceptors (Lipinski definition) is 19. The van der Waals surface area contributed by atoms with E-state index in [4.69, 9.17) is 81.2 Å². The van der Waals surface area contributed by atoms with Gasteiger partial charge in [-0.05, 0) is 186 Å². The lowest BCUT2D eigenvalue weighted by Crippen LogP contribution is -2.45. The van der Waals surface area contributed by atoms with Crippen molar-refractivity contribution < 1.29 is 69.1 Å². The number of amides is 8. The maximum absolute atomic E-state index is 13.6. The number of halogens is 14. The van der Waals surface area contributed by atoms with E-state index < -0.39 is 23.5 Å². The number of pyridine rings is 1. The monoisotopic (exact) mass is 2180 g/mol. The highest BCUT2D eigenvalue weighted by molar-refractivity contribution is 6.42. The molecule has 4 aromatic carbocycles. The molecule has 8 unspecified atom stereocenters. The lowest BCUT2D eigenvalue weighted by molar-refractivity contribution is -0.142. The first-order valence-electron chi connectivity index (χ1n) is 51.1. The first kappa shape index (κ1) is 109. The average Bonchev–Trinajstić information content (AvgIpc) is 1.64. The zero-order valence-electron chi connectivity index (χ0n) is 82.9. The summed E-state index contributed by atoms with van der Waals surface area (Å²) in [6, 6.07) is 28.9. The molecule has 148 heavy (non-hydrogen) atoms. The fourth-order valence-corrected chi connectivity index (χ4v) is 22.8. The van der Waals surface area contributed by atoms with E-state index in [0.29, 0.717) is 198 Å². The minimum absolute atomic E-state index is 0.0124. The lowest BCUT2D eigenvalue weighted by Gasteiger charge is -2.34. The first-order chi connectivity index (χ1) is 70.5. The van der Waals surface area contributed by atoms with Crippen LogP contribution in [0.1, 0.15) is 187 Å². The van der Waals surface area contributed by atoms with Crippen LogP contribution in [0.25, 0.3) is 0 Å². The minimum Gasteiger partial charge on any atom is -0.370 e. The molecule has 0 radical (unpaired) electrons. The Labute approximate surface area is 891 Å². The summed E-state index contributed by atoms with van der Waals surface area (Å²) in [5.74, 6) is 2.54. The van der Waals surface area contributed by atoms with Gasteiger partial charge in [-0.15, -0.1) is 0 Å². The Balaban J connectivity index is 0.000000135. The van der Waals surface area contributed by atoms with E-state index in [0.717, 1.165) is 124 Å². The van der Waals surface area contributed by atoms with E-state index in [-0.39, 0.29) is 158 Å². The van der Waals surface area contributed by atoms with Gasteiger partial charge in [-0.2, -0.15) is 26.3 Å². The molecule has 4 aromatic heterocycles. The van der Waals surface area contributed by atoms with Gasteiger partial charge in [0, 0.05) is 260 Å². The fraction of sp³-hybridized carbons (Fsp3) is 0.542. The van der Waals surface area contributed by atoms with Crippen molar-refractivity contribution in [2.24, 2.45) is 69.0 Å². The number of likely N-dealkylation sites (tertiary alicyclic amines) is 8. The van der Waals surface area contributed by atoms with Gasteiger partial charge >= 0.3 is 12.4 Å². The summed E-state index contributed by atoms with van der Waals surface area (Å²) in [6.07, 6.45) is 11.8. The number of hydrogen-bond donors (Lipinski definition) is 4. The Morgan fingerprint density at radius 2 is 0.561 bits per heavy atom. The topological polar surface area (TPSA) is 301 Å². The summed E-state index contributed by atoms with van der Waals surface area (Å²) >= 11 is 42.9. The highest BCUT2D eigenvalue weighted by Gasteiger charge is 2.54. The molecule has 20 rings (SSSR count). The van der Waals surface area contributed by atoms with Crippen LogP contribution in [0.2, 0.25) is 35.2 Å². The second kappa shape index (κ2) is 46.1. The largest absolute Gasteiger partial charge is 0.419 e. The molecule has 12 aliphatic rings. The van der Waals surface area contributed by atoms with Gasteiger partial charge < -0.3 is 60.5 Å². The number of alkyl halides is 6. The molecule has 12 fully saturated rings. The van der Waals surface area contributed by atoms with Crippen LogP contribution in [0.15, 0.2) is 140 Å². The fourth-order valence-electron chi connectivity index (χ4n) is 21.9. The molecule has 8 atom stereocenters. The molecule has 4 aliphatic carbocycles. The van der Waals surface area contributed by atoms with Gasteiger partial charge in [0.25, 0.3) is 0 Å². The molecule has 8 aromatic rings. The molecule has 12 heterocycles. The number of nitrogens with one attached hydrogen (secondary N) is 4. The quantitative estimate of drug-likeness (QED) is 0.0409. The number of aromatic nitrogens is 7. The molecular formula is C107H123Cl7F7N19O8. The Morgan fingerprint density at radius 3 is 0.831 bits per heavy atom. The van der Waals surface area contributed by atoms with Crippen molar-refractivity contribution in [1.82, 2.24) is 74.1 Å². The van der Waals surface area contributed by atoms with Gasteiger partial charge in [-0.25, -0.2) is 39.3 Å². The second-order valence-electron chi connectivity index (χ2n) is 43.1. The molecule has 8 saturated heterocycles. The smallest absolute Gasteiger partial charge is 0.370 e. The van der Waals surface area contributed by atoms with Crippen molar-refractivity contribution >= 4 is 152 Å². The van der Waals surface area contributed by atoms with E-state index in [2.05, 4.69) is 75.2 Å². The van der Waals surface area contributed by atoms with Crippen molar-refractivity contribution in [3.05, 3.63) is 215 Å². The number of benzene rings is 4. The third-order valence-corrected chi connectivity index (χ3v) is 34.5. The number of carbonyl (C=O) groups is 8. The minimum atomic E-state index is -4.52. The van der Waals surface area contributed by atoms with Crippen LogP contribution in [0, 0.1) is 74.8 Å². The molecule has 792 valence electrons. The highest BCUT2D eigenvalue weighted by atomic mass is 35.5. The molecule has 0 bridgehead atoms. The van der Waals surface area contributed by atoms with E-state index in [1.165, 1.54) is 17.7 Å².